The summed E-state index contributed by atoms with van der Waals surface area (Å²) in [4.78, 5) is 40.7. The van der Waals surface area contributed by atoms with E-state index in [2.05, 4.69) is 25.2 Å². The second kappa shape index (κ2) is 10.9. The van der Waals surface area contributed by atoms with Gasteiger partial charge < -0.3 is 25.5 Å². The highest BCUT2D eigenvalue weighted by molar-refractivity contribution is 7.18. The van der Waals surface area contributed by atoms with Crippen molar-refractivity contribution in [2.75, 3.05) is 49.5 Å². The number of thiazole rings is 1. The van der Waals surface area contributed by atoms with Crippen LogP contribution in [0.2, 0.25) is 0 Å². The molecule has 0 saturated carbocycles. The summed E-state index contributed by atoms with van der Waals surface area (Å²) in [5.41, 5.74) is 1.47. The SMILES string of the molecule is O=C(NCC(F)(F)F)c1cncc(-c2cnc(Nc3cc(N4CCN(C(=O)CO)CC4)ccn3)s2)c1. The Morgan fingerprint density at radius 2 is 1.86 bits per heavy atom. The molecule has 0 unspecified atom stereocenters. The van der Waals surface area contributed by atoms with Crippen molar-refractivity contribution in [2.45, 2.75) is 6.18 Å². The predicted molar refractivity (Wildman–Crippen MR) is 127 cm³/mol. The zero-order valence-electron chi connectivity index (χ0n) is 18.8. The lowest BCUT2D eigenvalue weighted by Crippen LogP contribution is -2.49. The van der Waals surface area contributed by atoms with E-state index in [4.69, 9.17) is 5.11 Å². The van der Waals surface area contributed by atoms with Crippen molar-refractivity contribution in [3.63, 3.8) is 0 Å². The van der Waals surface area contributed by atoms with Crippen molar-refractivity contribution in [3.8, 4) is 10.4 Å². The first-order valence-corrected chi connectivity index (χ1v) is 11.7. The standard InChI is InChI=1S/C22H22F3N7O3S/c23-22(24,25)13-29-20(35)15-7-14(9-26-10-15)17-11-28-21(36-17)30-18-8-16(1-2-27-18)31-3-5-32(6-4-31)19(34)12-33/h1-2,7-11,33H,3-6,12-13H2,(H,29,35)(H,27,28,30). The quantitative estimate of drug-likeness (QED) is 0.433. The van der Waals surface area contributed by atoms with Gasteiger partial charge in [-0.1, -0.05) is 11.3 Å². The first kappa shape index (κ1) is 25.3. The monoisotopic (exact) mass is 521 g/mol. The first-order valence-electron chi connectivity index (χ1n) is 10.8. The van der Waals surface area contributed by atoms with Gasteiger partial charge in [-0.25, -0.2) is 9.97 Å². The Hall–Kier alpha value is -3.78. The number of rotatable bonds is 7. The second-order valence-electron chi connectivity index (χ2n) is 7.84. The fourth-order valence-electron chi connectivity index (χ4n) is 3.55. The number of alkyl halides is 3. The van der Waals surface area contributed by atoms with Gasteiger partial charge in [0.25, 0.3) is 5.91 Å². The molecule has 0 bridgehead atoms. The van der Waals surface area contributed by atoms with Crippen molar-refractivity contribution < 1.29 is 27.9 Å². The number of aliphatic hydroxyl groups excluding tert-OH is 1. The van der Waals surface area contributed by atoms with Crippen LogP contribution in [0.3, 0.4) is 0 Å². The van der Waals surface area contributed by atoms with Crippen LogP contribution in [0, 0.1) is 0 Å². The average molecular weight is 522 g/mol. The molecule has 1 fully saturated rings. The molecule has 3 aromatic heterocycles. The third-order valence-corrected chi connectivity index (χ3v) is 6.31. The number of aromatic nitrogens is 3. The lowest BCUT2D eigenvalue weighted by atomic mass is 10.2. The number of carbonyl (C=O) groups is 2. The minimum atomic E-state index is -4.50. The maximum Gasteiger partial charge on any atom is 0.405 e. The number of aliphatic hydroxyl groups is 1. The summed E-state index contributed by atoms with van der Waals surface area (Å²) in [5, 5.41) is 14.5. The van der Waals surface area contributed by atoms with Crippen molar-refractivity contribution in [1.29, 1.82) is 0 Å². The van der Waals surface area contributed by atoms with Gasteiger partial charge in [-0.3, -0.25) is 14.6 Å². The number of carbonyl (C=O) groups excluding carboxylic acids is 2. The molecule has 10 nitrogen and oxygen atoms in total. The number of halogens is 3. The minimum absolute atomic E-state index is 0.00909. The highest BCUT2D eigenvalue weighted by Crippen LogP contribution is 2.31. The van der Waals surface area contributed by atoms with Gasteiger partial charge in [0.2, 0.25) is 5.91 Å². The number of nitrogens with zero attached hydrogens (tertiary/aromatic N) is 5. The van der Waals surface area contributed by atoms with Crippen molar-refractivity contribution >= 4 is 39.8 Å². The number of nitrogens with one attached hydrogen (secondary N) is 2. The zero-order valence-corrected chi connectivity index (χ0v) is 19.6. The van der Waals surface area contributed by atoms with Gasteiger partial charge in [-0.2, -0.15) is 13.2 Å². The van der Waals surface area contributed by atoms with Gasteiger partial charge in [-0.05, 0) is 12.1 Å². The smallest absolute Gasteiger partial charge is 0.387 e. The molecule has 14 heteroatoms. The fourth-order valence-corrected chi connectivity index (χ4v) is 4.36. The normalized spacial score (nSPS) is 14.0. The van der Waals surface area contributed by atoms with Crippen molar-refractivity contribution in [1.82, 2.24) is 25.2 Å². The van der Waals surface area contributed by atoms with E-state index in [1.165, 1.54) is 29.8 Å². The van der Waals surface area contributed by atoms with Crippen LogP contribution in [-0.2, 0) is 4.79 Å². The molecular weight excluding hydrogens is 499 g/mol. The molecule has 0 spiro atoms. The number of amides is 2. The molecule has 1 aliphatic rings. The molecule has 0 aromatic carbocycles. The number of piperazine rings is 1. The van der Waals surface area contributed by atoms with Crippen LogP contribution < -0.4 is 15.5 Å². The summed E-state index contributed by atoms with van der Waals surface area (Å²) < 4.78 is 37.1. The number of pyridine rings is 2. The maximum absolute atomic E-state index is 12.4. The van der Waals surface area contributed by atoms with Crippen molar-refractivity contribution in [2.24, 2.45) is 0 Å². The number of hydrogen-bond donors (Lipinski definition) is 3. The molecule has 1 saturated heterocycles. The lowest BCUT2D eigenvalue weighted by Gasteiger charge is -2.35. The Morgan fingerprint density at radius 3 is 2.58 bits per heavy atom. The first-order chi connectivity index (χ1) is 17.2. The highest BCUT2D eigenvalue weighted by atomic mass is 32.1. The summed E-state index contributed by atoms with van der Waals surface area (Å²) in [5.74, 6) is -0.596. The topological polar surface area (TPSA) is 124 Å². The van der Waals surface area contributed by atoms with Gasteiger partial charge in [-0.15, -0.1) is 0 Å². The third-order valence-electron chi connectivity index (χ3n) is 5.35. The molecule has 0 aliphatic carbocycles. The Labute approximate surface area is 207 Å². The molecule has 3 N–H and O–H groups in total. The van der Waals surface area contributed by atoms with E-state index in [9.17, 15) is 22.8 Å². The molecule has 36 heavy (non-hydrogen) atoms. The summed E-state index contributed by atoms with van der Waals surface area (Å²) in [6, 6.07) is 5.18. The molecule has 0 atom stereocenters. The Bertz CT molecular complexity index is 1230. The largest absolute Gasteiger partial charge is 0.405 e. The molecule has 4 heterocycles. The molecule has 2 amide bonds. The van der Waals surface area contributed by atoms with E-state index in [1.807, 2.05) is 17.4 Å². The second-order valence-corrected chi connectivity index (χ2v) is 8.87. The van der Waals surface area contributed by atoms with E-state index in [0.29, 0.717) is 47.6 Å². The number of anilines is 3. The number of hydrogen-bond acceptors (Lipinski definition) is 9. The Balaban J connectivity index is 1.40. The van der Waals surface area contributed by atoms with Gasteiger partial charge in [0.1, 0.15) is 19.0 Å². The van der Waals surface area contributed by atoms with Crippen LogP contribution in [0.5, 0.6) is 0 Å². The Morgan fingerprint density at radius 1 is 1.08 bits per heavy atom. The Kier molecular flexibility index (Phi) is 7.64. The summed E-state index contributed by atoms with van der Waals surface area (Å²) in [6.07, 6.45) is 1.42. The predicted octanol–water partition coefficient (Wildman–Crippen LogP) is 2.28. The van der Waals surface area contributed by atoms with E-state index in [-0.39, 0.29) is 11.5 Å². The highest BCUT2D eigenvalue weighted by Gasteiger charge is 2.28. The third kappa shape index (κ3) is 6.46. The lowest BCUT2D eigenvalue weighted by molar-refractivity contribution is -0.134. The van der Waals surface area contributed by atoms with Gasteiger partial charge >= 0.3 is 6.18 Å². The molecule has 3 aromatic rings. The van der Waals surface area contributed by atoms with E-state index < -0.39 is 25.2 Å². The summed E-state index contributed by atoms with van der Waals surface area (Å²) in [6.45, 7) is 0.355. The van der Waals surface area contributed by atoms with Crippen LogP contribution >= 0.6 is 11.3 Å². The van der Waals surface area contributed by atoms with Gasteiger partial charge in [0, 0.05) is 68.3 Å². The van der Waals surface area contributed by atoms with E-state index >= 15 is 0 Å². The molecule has 0 radical (unpaired) electrons. The minimum Gasteiger partial charge on any atom is -0.387 e. The van der Waals surface area contributed by atoms with Gasteiger partial charge in [0.15, 0.2) is 5.13 Å². The molecule has 190 valence electrons. The molecule has 4 rings (SSSR count). The van der Waals surface area contributed by atoms with Crippen LogP contribution in [0.15, 0.2) is 43.0 Å². The van der Waals surface area contributed by atoms with Crippen LogP contribution in [0.4, 0.5) is 29.8 Å². The summed E-state index contributed by atoms with van der Waals surface area (Å²) >= 11 is 1.27. The summed E-state index contributed by atoms with van der Waals surface area (Å²) in [7, 11) is 0. The van der Waals surface area contributed by atoms with Crippen LogP contribution in [0.1, 0.15) is 10.4 Å². The molecular formula is C22H22F3N7O3S. The van der Waals surface area contributed by atoms with Crippen molar-refractivity contribution in [3.05, 3.63) is 48.5 Å². The van der Waals surface area contributed by atoms with Crippen LogP contribution in [0.25, 0.3) is 10.4 Å². The zero-order chi connectivity index (χ0) is 25.7. The fraction of sp³-hybridized carbons (Fsp3) is 0.318. The molecule has 1 aliphatic heterocycles. The maximum atomic E-state index is 12.4. The van der Waals surface area contributed by atoms with Crippen LogP contribution in [-0.4, -0.2) is 82.3 Å². The average Bonchev–Trinajstić information content (AvgIpc) is 3.35. The van der Waals surface area contributed by atoms with E-state index in [1.54, 1.807) is 17.3 Å². The van der Waals surface area contributed by atoms with E-state index in [0.717, 1.165) is 5.69 Å². The van der Waals surface area contributed by atoms with Gasteiger partial charge in [0.05, 0.1) is 10.4 Å².